The number of benzene rings is 2. The molecule has 0 bridgehead atoms. The second kappa shape index (κ2) is 5.89. The van der Waals surface area contributed by atoms with Crippen LogP contribution < -0.4 is 20.8 Å². The fourth-order valence-electron chi connectivity index (χ4n) is 3.44. The van der Waals surface area contributed by atoms with Crippen molar-refractivity contribution < 1.29 is 9.19 Å². The van der Waals surface area contributed by atoms with E-state index in [9.17, 15) is 9.36 Å². The molecule has 1 aliphatic rings. The van der Waals surface area contributed by atoms with Gasteiger partial charge in [0.15, 0.2) is 5.52 Å². The van der Waals surface area contributed by atoms with Gasteiger partial charge in [-0.05, 0) is 41.8 Å². The SMILES string of the molecule is O=c1c2ncccc2ncn1OP1(=O)c2ccccc2Cc2ccccc21. The van der Waals surface area contributed by atoms with Gasteiger partial charge >= 0.3 is 12.9 Å². The van der Waals surface area contributed by atoms with E-state index in [0.717, 1.165) is 15.9 Å². The number of rotatable bonds is 2. The van der Waals surface area contributed by atoms with Crippen LogP contribution in [-0.2, 0) is 11.0 Å². The molecule has 0 saturated heterocycles. The third kappa shape index (κ3) is 2.41. The number of pyridine rings is 1. The number of fused-ring (bicyclic) bond motifs is 3. The maximum absolute atomic E-state index is 14.1. The molecule has 1 aliphatic heterocycles. The zero-order chi connectivity index (χ0) is 18.4. The fraction of sp³-hybridized carbons (Fsp3) is 0.0500. The van der Waals surface area contributed by atoms with Gasteiger partial charge in [0.25, 0.3) is 0 Å². The molecule has 0 aliphatic carbocycles. The van der Waals surface area contributed by atoms with Crippen LogP contribution in [0.5, 0.6) is 0 Å². The Balaban J connectivity index is 1.73. The molecule has 0 N–H and O–H groups in total. The Kier molecular flexibility index (Phi) is 3.49. The summed E-state index contributed by atoms with van der Waals surface area (Å²) in [6.45, 7) is 0. The first-order chi connectivity index (χ1) is 13.2. The summed E-state index contributed by atoms with van der Waals surface area (Å²) in [6, 6.07) is 18.3. The highest BCUT2D eigenvalue weighted by molar-refractivity contribution is 7.74. The second-order valence-electron chi connectivity index (χ2n) is 6.31. The molecule has 4 aromatic rings. The van der Waals surface area contributed by atoms with Crippen LogP contribution in [0.2, 0.25) is 0 Å². The Morgan fingerprint density at radius 1 is 0.889 bits per heavy atom. The van der Waals surface area contributed by atoms with Gasteiger partial charge in [0.05, 0.1) is 16.1 Å². The Morgan fingerprint density at radius 2 is 1.56 bits per heavy atom. The average molecular weight is 375 g/mol. The summed E-state index contributed by atoms with van der Waals surface area (Å²) in [7, 11) is -3.53. The van der Waals surface area contributed by atoms with Gasteiger partial charge in [-0.1, -0.05) is 36.4 Å². The molecule has 0 fully saturated rings. The molecular weight excluding hydrogens is 361 g/mol. The highest BCUT2D eigenvalue weighted by Gasteiger charge is 2.39. The first kappa shape index (κ1) is 16.0. The van der Waals surface area contributed by atoms with Gasteiger partial charge < -0.3 is 4.62 Å². The summed E-state index contributed by atoms with van der Waals surface area (Å²) >= 11 is 0. The van der Waals surface area contributed by atoms with Gasteiger partial charge in [-0.3, -0.25) is 9.36 Å². The van der Waals surface area contributed by atoms with Crippen LogP contribution in [0.1, 0.15) is 11.1 Å². The first-order valence-electron chi connectivity index (χ1n) is 8.46. The van der Waals surface area contributed by atoms with Crippen molar-refractivity contribution in [2.45, 2.75) is 6.42 Å². The molecule has 0 spiro atoms. The monoisotopic (exact) mass is 375 g/mol. The topological polar surface area (TPSA) is 74.1 Å². The van der Waals surface area contributed by atoms with E-state index in [0.29, 0.717) is 22.5 Å². The van der Waals surface area contributed by atoms with Gasteiger partial charge in [-0.15, -0.1) is 4.73 Å². The molecule has 6 nitrogen and oxygen atoms in total. The van der Waals surface area contributed by atoms with Crippen LogP contribution in [0.4, 0.5) is 0 Å². The lowest BCUT2D eigenvalue weighted by molar-refractivity contribution is 0.270. The van der Waals surface area contributed by atoms with E-state index in [1.165, 1.54) is 12.5 Å². The van der Waals surface area contributed by atoms with Crippen LogP contribution in [0.15, 0.2) is 78.0 Å². The lowest BCUT2D eigenvalue weighted by atomic mass is 10.0. The Labute approximate surface area is 154 Å². The minimum absolute atomic E-state index is 0.171. The Hall–Kier alpha value is -3.24. The van der Waals surface area contributed by atoms with E-state index >= 15 is 0 Å². The molecule has 2 aromatic carbocycles. The lowest BCUT2D eigenvalue weighted by Gasteiger charge is -2.28. The largest absolute Gasteiger partial charge is 0.344 e. The minimum Gasteiger partial charge on any atom is -0.344 e. The van der Waals surface area contributed by atoms with Crippen LogP contribution in [0.3, 0.4) is 0 Å². The molecule has 7 heteroatoms. The van der Waals surface area contributed by atoms with Gasteiger partial charge in [-0.2, -0.15) is 0 Å². The standard InChI is InChI=1S/C20H14N3O3P/c24-20-19-16(8-5-11-21-19)22-13-23(20)26-27(25)17-9-3-1-6-14(17)12-15-7-2-4-10-18(15)27/h1-11,13H,12H2. The van der Waals surface area contributed by atoms with Crippen molar-refractivity contribution in [2.75, 3.05) is 0 Å². The highest BCUT2D eigenvalue weighted by atomic mass is 31.2. The molecule has 0 unspecified atom stereocenters. The number of hydrogen-bond donors (Lipinski definition) is 0. The molecule has 132 valence electrons. The van der Waals surface area contributed by atoms with E-state index in [1.54, 1.807) is 24.3 Å². The summed E-state index contributed by atoms with van der Waals surface area (Å²) in [5, 5.41) is 1.22. The van der Waals surface area contributed by atoms with E-state index in [1.807, 2.05) is 36.4 Å². The van der Waals surface area contributed by atoms with Crippen LogP contribution in [0.25, 0.3) is 11.0 Å². The zero-order valence-electron chi connectivity index (χ0n) is 14.1. The number of hydrogen-bond acceptors (Lipinski definition) is 5. The predicted molar refractivity (Wildman–Crippen MR) is 103 cm³/mol. The van der Waals surface area contributed by atoms with Gasteiger partial charge in [0.2, 0.25) is 0 Å². The van der Waals surface area contributed by atoms with Crippen LogP contribution in [-0.4, -0.2) is 14.7 Å². The maximum Gasteiger partial charge on any atom is 0.328 e. The van der Waals surface area contributed by atoms with Gasteiger partial charge in [-0.25, -0.2) is 9.97 Å². The van der Waals surface area contributed by atoms with Gasteiger partial charge in [0.1, 0.15) is 6.33 Å². The summed E-state index contributed by atoms with van der Waals surface area (Å²) < 4.78 is 20.9. The Bertz CT molecular complexity index is 1250. The van der Waals surface area contributed by atoms with Crippen molar-refractivity contribution in [1.82, 2.24) is 14.7 Å². The molecule has 0 saturated carbocycles. The molecule has 0 radical (unpaired) electrons. The van der Waals surface area contributed by atoms with Crippen molar-refractivity contribution >= 4 is 29.0 Å². The average Bonchev–Trinajstić information content (AvgIpc) is 2.71. The number of nitrogens with zero attached hydrogens (tertiary/aromatic N) is 3. The van der Waals surface area contributed by atoms with Crippen molar-refractivity contribution in [2.24, 2.45) is 0 Å². The van der Waals surface area contributed by atoms with Crippen LogP contribution in [0, 0.1) is 0 Å². The van der Waals surface area contributed by atoms with E-state index < -0.39 is 12.9 Å². The molecule has 3 heterocycles. The van der Waals surface area contributed by atoms with E-state index in [2.05, 4.69) is 9.97 Å². The van der Waals surface area contributed by atoms with E-state index in [4.69, 9.17) is 4.62 Å². The highest BCUT2D eigenvalue weighted by Crippen LogP contribution is 2.46. The number of aromatic nitrogens is 3. The van der Waals surface area contributed by atoms with Crippen molar-refractivity contribution in [1.29, 1.82) is 0 Å². The van der Waals surface area contributed by atoms with Crippen molar-refractivity contribution in [3.05, 3.63) is 94.7 Å². The summed E-state index contributed by atoms with van der Waals surface area (Å²) in [5.41, 5.74) is 2.01. The molecular formula is C20H14N3O3P. The molecule has 2 aromatic heterocycles. The second-order valence-corrected chi connectivity index (χ2v) is 8.54. The van der Waals surface area contributed by atoms with Gasteiger partial charge in [0, 0.05) is 6.20 Å². The normalized spacial score (nSPS) is 14.4. The fourth-order valence-corrected chi connectivity index (χ4v) is 5.86. The summed E-state index contributed by atoms with van der Waals surface area (Å²) in [5.74, 6) is 0. The third-order valence-corrected chi connectivity index (χ3v) is 7.24. The van der Waals surface area contributed by atoms with E-state index in [-0.39, 0.29) is 5.52 Å². The summed E-state index contributed by atoms with van der Waals surface area (Å²) in [6.07, 6.45) is 3.45. The van der Waals surface area contributed by atoms with Crippen LogP contribution >= 0.6 is 7.37 Å². The minimum atomic E-state index is -3.53. The lowest BCUT2D eigenvalue weighted by Crippen LogP contribution is -2.36. The smallest absolute Gasteiger partial charge is 0.328 e. The zero-order valence-corrected chi connectivity index (χ0v) is 15.0. The quantitative estimate of drug-likeness (QED) is 0.502. The molecule has 0 amide bonds. The maximum atomic E-state index is 14.1. The van der Waals surface area contributed by atoms with Crippen molar-refractivity contribution in [3.8, 4) is 0 Å². The third-order valence-electron chi connectivity index (χ3n) is 4.69. The summed E-state index contributed by atoms with van der Waals surface area (Å²) in [4.78, 5) is 21.1. The molecule has 5 rings (SSSR count). The first-order valence-corrected chi connectivity index (χ1v) is 10.1. The Morgan fingerprint density at radius 3 is 2.26 bits per heavy atom. The van der Waals surface area contributed by atoms with Crippen molar-refractivity contribution in [3.63, 3.8) is 0 Å². The molecule has 27 heavy (non-hydrogen) atoms. The predicted octanol–water partition coefficient (Wildman–Crippen LogP) is 2.05. The molecule has 0 atom stereocenters.